The number of halogens is 3. The number of ether oxygens (including phenoxy) is 1. The number of amides is 1. The highest BCUT2D eigenvalue weighted by molar-refractivity contribution is 5.78. The number of nitrogens with zero attached hydrogens (tertiary/aromatic N) is 1. The first-order valence-electron chi connectivity index (χ1n) is 5.99. The summed E-state index contributed by atoms with van der Waals surface area (Å²) in [6.07, 6.45) is -2.57. The second-order valence-electron chi connectivity index (χ2n) is 4.62. The quantitative estimate of drug-likeness (QED) is 0.832. The summed E-state index contributed by atoms with van der Waals surface area (Å²) in [7, 11) is 0. The zero-order chi connectivity index (χ0) is 13.8. The van der Waals surface area contributed by atoms with Gasteiger partial charge in [-0.2, -0.15) is 13.2 Å². The van der Waals surface area contributed by atoms with E-state index in [9.17, 15) is 18.0 Å². The number of carbonyl (C=O) groups is 1. The molecule has 0 bridgehead atoms. The lowest BCUT2D eigenvalue weighted by molar-refractivity contribution is -0.178. The Kier molecular flexibility index (Phi) is 5.40. The van der Waals surface area contributed by atoms with E-state index in [1.807, 2.05) is 6.92 Å². The smallest absolute Gasteiger partial charge is 0.362 e. The number of nitrogens with two attached hydrogens (primary N) is 1. The minimum absolute atomic E-state index is 0.0965. The molecule has 106 valence electrons. The molecule has 1 heterocycles. The van der Waals surface area contributed by atoms with Gasteiger partial charge in [0.05, 0.1) is 0 Å². The van der Waals surface area contributed by atoms with Gasteiger partial charge in [0.1, 0.15) is 13.2 Å². The molecular weight excluding hydrogens is 249 g/mol. The first kappa shape index (κ1) is 15.2. The van der Waals surface area contributed by atoms with Crippen LogP contribution in [0.15, 0.2) is 0 Å². The van der Waals surface area contributed by atoms with E-state index in [2.05, 4.69) is 4.74 Å². The molecule has 1 aliphatic rings. The molecule has 1 aliphatic heterocycles. The summed E-state index contributed by atoms with van der Waals surface area (Å²) >= 11 is 0. The largest absolute Gasteiger partial charge is 0.411 e. The summed E-state index contributed by atoms with van der Waals surface area (Å²) in [4.78, 5) is 13.3. The molecule has 0 aromatic carbocycles. The van der Waals surface area contributed by atoms with Gasteiger partial charge in [-0.15, -0.1) is 0 Å². The predicted molar refractivity (Wildman–Crippen MR) is 59.8 cm³/mol. The van der Waals surface area contributed by atoms with Gasteiger partial charge in [-0.05, 0) is 18.8 Å². The second-order valence-corrected chi connectivity index (χ2v) is 4.62. The standard InChI is InChI=1S/C11H19F3N2O2/c1-8-3-2-4-16(9(8)5-15)10(17)6-18-7-11(12,13)14/h8-9H,2-7,15H2,1H3. The molecule has 0 saturated carbocycles. The van der Waals surface area contributed by atoms with E-state index in [4.69, 9.17) is 5.73 Å². The van der Waals surface area contributed by atoms with Crippen LogP contribution in [0.5, 0.6) is 0 Å². The number of carbonyl (C=O) groups excluding carboxylic acids is 1. The highest BCUT2D eigenvalue weighted by atomic mass is 19.4. The van der Waals surface area contributed by atoms with Gasteiger partial charge in [0.2, 0.25) is 5.91 Å². The fourth-order valence-corrected chi connectivity index (χ4v) is 2.26. The van der Waals surface area contributed by atoms with Crippen LogP contribution in [0.2, 0.25) is 0 Å². The molecule has 0 aromatic heterocycles. The molecule has 18 heavy (non-hydrogen) atoms. The van der Waals surface area contributed by atoms with Gasteiger partial charge in [-0.1, -0.05) is 6.92 Å². The van der Waals surface area contributed by atoms with Crippen molar-refractivity contribution in [3.63, 3.8) is 0 Å². The van der Waals surface area contributed by atoms with Crippen molar-refractivity contribution in [2.24, 2.45) is 11.7 Å². The van der Waals surface area contributed by atoms with Gasteiger partial charge in [-0.3, -0.25) is 4.79 Å². The van der Waals surface area contributed by atoms with Gasteiger partial charge < -0.3 is 15.4 Å². The predicted octanol–water partition coefficient (Wildman–Crippen LogP) is 1.15. The van der Waals surface area contributed by atoms with Crippen LogP contribution in [-0.4, -0.2) is 49.3 Å². The summed E-state index contributed by atoms with van der Waals surface area (Å²) in [5, 5.41) is 0. The van der Waals surface area contributed by atoms with Crippen molar-refractivity contribution in [1.29, 1.82) is 0 Å². The van der Waals surface area contributed by atoms with Crippen LogP contribution in [0.4, 0.5) is 13.2 Å². The number of rotatable bonds is 4. The lowest BCUT2D eigenvalue weighted by Gasteiger charge is -2.39. The third kappa shape index (κ3) is 4.45. The van der Waals surface area contributed by atoms with Gasteiger partial charge in [0.15, 0.2) is 0 Å². The molecule has 1 amide bonds. The number of hydrogen-bond donors (Lipinski definition) is 1. The van der Waals surface area contributed by atoms with Crippen molar-refractivity contribution in [2.75, 3.05) is 26.3 Å². The lowest BCUT2D eigenvalue weighted by atomic mass is 9.91. The molecule has 0 spiro atoms. The Morgan fingerprint density at radius 1 is 1.50 bits per heavy atom. The Morgan fingerprint density at radius 3 is 2.72 bits per heavy atom. The molecule has 4 nitrogen and oxygen atoms in total. The molecule has 7 heteroatoms. The van der Waals surface area contributed by atoms with Crippen molar-refractivity contribution in [2.45, 2.75) is 32.0 Å². The van der Waals surface area contributed by atoms with Gasteiger partial charge in [0, 0.05) is 19.1 Å². The van der Waals surface area contributed by atoms with E-state index in [0.717, 1.165) is 12.8 Å². The zero-order valence-electron chi connectivity index (χ0n) is 10.4. The maximum atomic E-state index is 11.9. The van der Waals surface area contributed by atoms with Crippen LogP contribution in [0.3, 0.4) is 0 Å². The van der Waals surface area contributed by atoms with Crippen LogP contribution in [0.25, 0.3) is 0 Å². The number of piperidine rings is 1. The second kappa shape index (κ2) is 6.38. The summed E-state index contributed by atoms with van der Waals surface area (Å²) in [5.74, 6) is -0.142. The maximum Gasteiger partial charge on any atom is 0.411 e. The Balaban J connectivity index is 2.44. The summed E-state index contributed by atoms with van der Waals surface area (Å²) in [6, 6.07) is -0.0965. The molecule has 2 unspecified atom stereocenters. The molecule has 0 radical (unpaired) electrons. The molecule has 2 atom stereocenters. The van der Waals surface area contributed by atoms with Gasteiger partial charge in [0.25, 0.3) is 0 Å². The summed E-state index contributed by atoms with van der Waals surface area (Å²) in [5.41, 5.74) is 5.61. The van der Waals surface area contributed by atoms with Crippen molar-refractivity contribution in [1.82, 2.24) is 4.90 Å². The summed E-state index contributed by atoms with van der Waals surface area (Å²) in [6.45, 7) is 0.929. The van der Waals surface area contributed by atoms with Crippen molar-refractivity contribution >= 4 is 5.91 Å². The summed E-state index contributed by atoms with van der Waals surface area (Å²) < 4.78 is 40.0. The lowest BCUT2D eigenvalue weighted by Crippen LogP contribution is -2.52. The molecule has 0 aromatic rings. The van der Waals surface area contributed by atoms with Crippen molar-refractivity contribution < 1.29 is 22.7 Å². The molecule has 1 saturated heterocycles. The minimum Gasteiger partial charge on any atom is -0.362 e. The van der Waals surface area contributed by atoms with E-state index >= 15 is 0 Å². The Bertz CT molecular complexity index is 284. The average molecular weight is 268 g/mol. The average Bonchev–Trinajstić information content (AvgIpc) is 2.26. The van der Waals surface area contributed by atoms with Crippen LogP contribution in [-0.2, 0) is 9.53 Å². The van der Waals surface area contributed by atoms with Gasteiger partial charge in [-0.25, -0.2) is 0 Å². The number of alkyl halides is 3. The van der Waals surface area contributed by atoms with E-state index in [0.29, 0.717) is 13.1 Å². The number of likely N-dealkylation sites (tertiary alicyclic amines) is 1. The third-order valence-electron chi connectivity index (χ3n) is 3.17. The third-order valence-corrected chi connectivity index (χ3v) is 3.17. The normalized spacial score (nSPS) is 25.3. The topological polar surface area (TPSA) is 55.6 Å². The number of hydrogen-bond acceptors (Lipinski definition) is 3. The fourth-order valence-electron chi connectivity index (χ4n) is 2.26. The van der Waals surface area contributed by atoms with E-state index in [1.54, 1.807) is 4.90 Å². The Hall–Kier alpha value is -0.820. The van der Waals surface area contributed by atoms with Gasteiger partial charge >= 0.3 is 6.18 Å². The Morgan fingerprint density at radius 2 is 2.17 bits per heavy atom. The van der Waals surface area contributed by atoms with Crippen molar-refractivity contribution in [3.8, 4) is 0 Å². The molecule has 1 fully saturated rings. The molecular formula is C11H19F3N2O2. The van der Waals surface area contributed by atoms with E-state index < -0.39 is 25.3 Å². The minimum atomic E-state index is -4.40. The highest BCUT2D eigenvalue weighted by Gasteiger charge is 2.32. The highest BCUT2D eigenvalue weighted by Crippen LogP contribution is 2.22. The monoisotopic (exact) mass is 268 g/mol. The molecule has 0 aliphatic carbocycles. The Labute approximate surface area is 104 Å². The maximum absolute atomic E-state index is 11.9. The first-order valence-corrected chi connectivity index (χ1v) is 5.99. The SMILES string of the molecule is CC1CCCN(C(=O)COCC(F)(F)F)C1CN. The van der Waals surface area contributed by atoms with Crippen LogP contribution in [0.1, 0.15) is 19.8 Å². The first-order chi connectivity index (χ1) is 8.35. The fraction of sp³-hybridized carbons (Fsp3) is 0.909. The molecule has 1 rings (SSSR count). The van der Waals surface area contributed by atoms with Crippen LogP contribution < -0.4 is 5.73 Å². The van der Waals surface area contributed by atoms with Crippen LogP contribution >= 0.6 is 0 Å². The zero-order valence-corrected chi connectivity index (χ0v) is 10.4. The molecule has 2 N–H and O–H groups in total. The van der Waals surface area contributed by atoms with Crippen LogP contribution in [0, 0.1) is 5.92 Å². The van der Waals surface area contributed by atoms with E-state index in [-0.39, 0.29) is 12.0 Å². The van der Waals surface area contributed by atoms with Crippen molar-refractivity contribution in [3.05, 3.63) is 0 Å². The van der Waals surface area contributed by atoms with E-state index in [1.165, 1.54) is 0 Å².